The number of aliphatic imine (C=N–C) groups is 1. The van der Waals surface area contributed by atoms with Gasteiger partial charge in [0.15, 0.2) is 0 Å². The number of phenols is 1. The number of hydrogen-bond acceptors (Lipinski definition) is 3. The molecule has 0 atom stereocenters. The maximum absolute atomic E-state index is 11.5. The van der Waals surface area contributed by atoms with Crippen molar-refractivity contribution in [1.29, 1.82) is 0 Å². The average Bonchev–Trinajstić information content (AvgIpc) is 2.42. The number of benzene rings is 1. The molecule has 4 nitrogen and oxygen atoms in total. The standard InChI is InChI=1S/C15H19NO3/c17-13-7-3-2-6-12(13)10-16-11-15(14(18)19)8-4-1-5-9-15/h2-3,6-7,10,17H,1,4-5,8-9,11H2,(H,18,19)/b16-10+. The van der Waals surface area contributed by atoms with Crippen molar-refractivity contribution in [3.8, 4) is 5.75 Å². The molecule has 4 heteroatoms. The highest BCUT2D eigenvalue weighted by molar-refractivity contribution is 5.83. The van der Waals surface area contributed by atoms with Gasteiger partial charge in [0.25, 0.3) is 0 Å². The predicted molar refractivity (Wildman–Crippen MR) is 73.7 cm³/mol. The molecule has 1 fully saturated rings. The van der Waals surface area contributed by atoms with E-state index in [2.05, 4.69) is 4.99 Å². The summed E-state index contributed by atoms with van der Waals surface area (Å²) in [5.74, 6) is -0.582. The summed E-state index contributed by atoms with van der Waals surface area (Å²) in [6.07, 6.45) is 5.98. The summed E-state index contributed by atoms with van der Waals surface area (Å²) in [6, 6.07) is 6.91. The molecule has 1 aromatic rings. The molecule has 0 amide bonds. The molecule has 0 unspecified atom stereocenters. The topological polar surface area (TPSA) is 69.9 Å². The molecule has 0 radical (unpaired) electrons. The summed E-state index contributed by atoms with van der Waals surface area (Å²) >= 11 is 0. The molecule has 0 aliphatic heterocycles. The Hall–Kier alpha value is -1.84. The molecule has 1 aliphatic rings. The SMILES string of the molecule is O=C(O)C1(C/N=C/c2ccccc2O)CCCCC1. The van der Waals surface area contributed by atoms with Crippen LogP contribution in [-0.2, 0) is 4.79 Å². The Morgan fingerprint density at radius 1 is 1.26 bits per heavy atom. The van der Waals surface area contributed by atoms with Crippen molar-refractivity contribution in [2.24, 2.45) is 10.4 Å². The van der Waals surface area contributed by atoms with Crippen LogP contribution >= 0.6 is 0 Å². The number of aliphatic carboxylic acids is 1. The second kappa shape index (κ2) is 5.87. The van der Waals surface area contributed by atoms with Crippen molar-refractivity contribution in [3.05, 3.63) is 29.8 Å². The van der Waals surface area contributed by atoms with Crippen LogP contribution in [0.3, 0.4) is 0 Å². The van der Waals surface area contributed by atoms with Crippen molar-refractivity contribution in [3.63, 3.8) is 0 Å². The first kappa shape index (κ1) is 13.6. The molecule has 1 saturated carbocycles. The number of rotatable bonds is 4. The number of hydrogen-bond donors (Lipinski definition) is 2. The van der Waals surface area contributed by atoms with Crippen molar-refractivity contribution >= 4 is 12.2 Å². The minimum atomic E-state index is -0.748. The molecule has 0 spiro atoms. The fourth-order valence-corrected chi connectivity index (χ4v) is 2.58. The van der Waals surface area contributed by atoms with E-state index in [1.165, 1.54) is 0 Å². The minimum Gasteiger partial charge on any atom is -0.507 e. The highest BCUT2D eigenvalue weighted by Crippen LogP contribution is 2.36. The smallest absolute Gasteiger partial charge is 0.311 e. The first-order valence-corrected chi connectivity index (χ1v) is 6.65. The third-order valence-electron chi connectivity index (χ3n) is 3.83. The van der Waals surface area contributed by atoms with E-state index in [1.54, 1.807) is 24.4 Å². The summed E-state index contributed by atoms with van der Waals surface area (Å²) in [6.45, 7) is 0.288. The fourth-order valence-electron chi connectivity index (χ4n) is 2.58. The zero-order chi connectivity index (χ0) is 13.7. The lowest BCUT2D eigenvalue weighted by Crippen LogP contribution is -2.36. The lowest BCUT2D eigenvalue weighted by molar-refractivity contribution is -0.150. The molecule has 0 heterocycles. The van der Waals surface area contributed by atoms with Gasteiger partial charge in [-0.15, -0.1) is 0 Å². The molecule has 1 aromatic carbocycles. The van der Waals surface area contributed by atoms with E-state index in [-0.39, 0.29) is 12.3 Å². The van der Waals surface area contributed by atoms with E-state index in [1.807, 2.05) is 6.07 Å². The van der Waals surface area contributed by atoms with Gasteiger partial charge in [-0.25, -0.2) is 0 Å². The number of phenolic OH excluding ortho intramolecular Hbond substituents is 1. The molecule has 102 valence electrons. The van der Waals surface area contributed by atoms with Crippen molar-refractivity contribution in [1.82, 2.24) is 0 Å². The lowest BCUT2D eigenvalue weighted by Gasteiger charge is -2.31. The van der Waals surface area contributed by atoms with Crippen LogP contribution in [0.4, 0.5) is 0 Å². The number of nitrogens with zero attached hydrogens (tertiary/aromatic N) is 1. The summed E-state index contributed by atoms with van der Waals surface area (Å²) < 4.78 is 0. The monoisotopic (exact) mass is 261 g/mol. The van der Waals surface area contributed by atoms with Gasteiger partial charge in [0.1, 0.15) is 5.75 Å². The second-order valence-electron chi connectivity index (χ2n) is 5.17. The van der Waals surface area contributed by atoms with E-state index in [9.17, 15) is 15.0 Å². The van der Waals surface area contributed by atoms with Crippen LogP contribution in [0, 0.1) is 5.41 Å². The van der Waals surface area contributed by atoms with Crippen LogP contribution in [0.5, 0.6) is 5.75 Å². The maximum atomic E-state index is 11.5. The minimum absolute atomic E-state index is 0.166. The highest BCUT2D eigenvalue weighted by atomic mass is 16.4. The fraction of sp³-hybridized carbons (Fsp3) is 0.467. The summed E-state index contributed by atoms with van der Waals surface area (Å²) in [7, 11) is 0. The molecule has 0 bridgehead atoms. The molecular weight excluding hydrogens is 242 g/mol. The van der Waals surface area contributed by atoms with Crippen LogP contribution in [0.15, 0.2) is 29.3 Å². The van der Waals surface area contributed by atoms with Gasteiger partial charge >= 0.3 is 5.97 Å². The summed E-state index contributed by atoms with van der Waals surface area (Å²) in [5.41, 5.74) is -0.0852. The molecule has 2 rings (SSSR count). The van der Waals surface area contributed by atoms with Gasteiger partial charge in [0, 0.05) is 11.8 Å². The Labute approximate surface area is 112 Å². The Balaban J connectivity index is 2.07. The normalized spacial score (nSPS) is 18.5. The average molecular weight is 261 g/mol. The molecule has 0 saturated heterocycles. The van der Waals surface area contributed by atoms with E-state index in [4.69, 9.17) is 0 Å². The number of aromatic hydroxyl groups is 1. The van der Waals surface area contributed by atoms with Crippen molar-refractivity contribution in [2.45, 2.75) is 32.1 Å². The number of carbonyl (C=O) groups is 1. The summed E-state index contributed by atoms with van der Waals surface area (Å²) in [5, 5.41) is 19.0. The maximum Gasteiger partial charge on any atom is 0.311 e. The van der Waals surface area contributed by atoms with Crippen LogP contribution in [0.25, 0.3) is 0 Å². The molecule has 19 heavy (non-hydrogen) atoms. The van der Waals surface area contributed by atoms with Crippen LogP contribution in [0.1, 0.15) is 37.7 Å². The van der Waals surface area contributed by atoms with E-state index in [0.717, 1.165) is 19.3 Å². The zero-order valence-electron chi connectivity index (χ0n) is 10.9. The van der Waals surface area contributed by atoms with Crippen LogP contribution in [-0.4, -0.2) is 28.9 Å². The largest absolute Gasteiger partial charge is 0.507 e. The first-order valence-electron chi connectivity index (χ1n) is 6.65. The zero-order valence-corrected chi connectivity index (χ0v) is 10.9. The lowest BCUT2D eigenvalue weighted by atomic mass is 9.74. The molecular formula is C15H19NO3. The second-order valence-corrected chi connectivity index (χ2v) is 5.17. The van der Waals surface area contributed by atoms with Gasteiger partial charge < -0.3 is 10.2 Å². The Bertz CT molecular complexity index is 476. The third-order valence-corrected chi connectivity index (χ3v) is 3.83. The summed E-state index contributed by atoms with van der Waals surface area (Å²) in [4.78, 5) is 15.7. The first-order chi connectivity index (χ1) is 9.14. The van der Waals surface area contributed by atoms with Crippen LogP contribution < -0.4 is 0 Å². The Morgan fingerprint density at radius 2 is 1.95 bits per heavy atom. The highest BCUT2D eigenvalue weighted by Gasteiger charge is 2.39. The van der Waals surface area contributed by atoms with Crippen molar-refractivity contribution in [2.75, 3.05) is 6.54 Å². The number of carboxylic acid groups (broad SMARTS) is 1. The molecule has 0 aromatic heterocycles. The van der Waals surface area contributed by atoms with Gasteiger partial charge in [-0.1, -0.05) is 31.4 Å². The quantitative estimate of drug-likeness (QED) is 0.819. The Morgan fingerprint density at radius 3 is 2.58 bits per heavy atom. The number of para-hydroxylation sites is 1. The van der Waals surface area contributed by atoms with Gasteiger partial charge in [0.05, 0.1) is 12.0 Å². The molecule has 1 aliphatic carbocycles. The van der Waals surface area contributed by atoms with Gasteiger partial charge in [-0.05, 0) is 25.0 Å². The molecule has 2 N–H and O–H groups in total. The van der Waals surface area contributed by atoms with Gasteiger partial charge in [0.2, 0.25) is 0 Å². The third kappa shape index (κ3) is 3.13. The van der Waals surface area contributed by atoms with Gasteiger partial charge in [-0.2, -0.15) is 0 Å². The predicted octanol–water partition coefficient (Wildman–Crippen LogP) is 2.85. The van der Waals surface area contributed by atoms with Gasteiger partial charge in [-0.3, -0.25) is 9.79 Å². The van der Waals surface area contributed by atoms with Crippen LogP contribution in [0.2, 0.25) is 0 Å². The van der Waals surface area contributed by atoms with E-state index >= 15 is 0 Å². The van der Waals surface area contributed by atoms with E-state index < -0.39 is 11.4 Å². The number of carboxylic acids is 1. The Kier molecular flexibility index (Phi) is 4.20. The van der Waals surface area contributed by atoms with E-state index in [0.29, 0.717) is 18.4 Å². The van der Waals surface area contributed by atoms with Crippen molar-refractivity contribution < 1.29 is 15.0 Å².